The molecule has 0 fully saturated rings. The van der Waals surface area contributed by atoms with Gasteiger partial charge >= 0.3 is 0 Å². The van der Waals surface area contributed by atoms with Crippen molar-refractivity contribution in [3.8, 4) is 17.2 Å². The molecule has 22 heavy (non-hydrogen) atoms. The van der Waals surface area contributed by atoms with E-state index in [0.717, 1.165) is 24.8 Å². The molecular formula is C19H17F2N. The maximum absolute atomic E-state index is 13.9. The number of rotatable bonds is 5. The normalized spacial score (nSPS) is 11.3. The van der Waals surface area contributed by atoms with Crippen LogP contribution in [0.25, 0.3) is 17.0 Å². The molecular weight excluding hydrogens is 280 g/mol. The molecule has 0 aliphatic rings. The number of hydrogen-bond acceptors (Lipinski definition) is 1. The van der Waals surface area contributed by atoms with E-state index in [4.69, 9.17) is 5.26 Å². The van der Waals surface area contributed by atoms with Gasteiger partial charge in [0, 0.05) is 5.56 Å². The predicted molar refractivity (Wildman–Crippen MR) is 85.2 cm³/mol. The van der Waals surface area contributed by atoms with Crippen molar-refractivity contribution in [2.24, 2.45) is 0 Å². The molecule has 3 heteroatoms. The summed E-state index contributed by atoms with van der Waals surface area (Å²) in [7, 11) is 0. The first-order valence-electron chi connectivity index (χ1n) is 7.32. The van der Waals surface area contributed by atoms with Gasteiger partial charge in [-0.15, -0.1) is 0 Å². The van der Waals surface area contributed by atoms with E-state index in [2.05, 4.69) is 6.92 Å². The fourth-order valence-corrected chi connectivity index (χ4v) is 2.16. The summed E-state index contributed by atoms with van der Waals surface area (Å²) in [6, 6.07) is 13.1. The molecule has 0 heterocycles. The van der Waals surface area contributed by atoms with Gasteiger partial charge in [0.15, 0.2) is 0 Å². The largest absolute Gasteiger partial charge is 0.207 e. The van der Waals surface area contributed by atoms with E-state index in [0.29, 0.717) is 11.1 Å². The second-order valence-corrected chi connectivity index (χ2v) is 5.08. The Hall–Kier alpha value is -2.47. The van der Waals surface area contributed by atoms with Crippen LogP contribution >= 0.6 is 0 Å². The van der Waals surface area contributed by atoms with Gasteiger partial charge in [0.1, 0.15) is 17.7 Å². The van der Waals surface area contributed by atoms with Crippen LogP contribution in [0.1, 0.15) is 37.3 Å². The Balaban J connectivity index is 2.20. The lowest BCUT2D eigenvalue weighted by atomic mass is 10.0. The zero-order valence-corrected chi connectivity index (χ0v) is 12.4. The Morgan fingerprint density at radius 1 is 1.14 bits per heavy atom. The molecule has 2 aromatic rings. The standard InChI is InChI=1S/C19H17F2N/c1-2-3-4-5-18(20)15-8-6-14(7-9-15)16-10-11-17(13-22)19(21)12-16/h5-12H,2-4H2,1H3. The van der Waals surface area contributed by atoms with Crippen LogP contribution in [0.4, 0.5) is 8.78 Å². The summed E-state index contributed by atoms with van der Waals surface area (Å²) in [6.45, 7) is 2.07. The molecule has 0 aromatic heterocycles. The molecule has 2 rings (SSSR count). The lowest BCUT2D eigenvalue weighted by Gasteiger charge is -2.04. The summed E-state index contributed by atoms with van der Waals surface area (Å²) in [5.41, 5.74) is 1.99. The number of unbranched alkanes of at least 4 members (excludes halogenated alkanes) is 2. The maximum Gasteiger partial charge on any atom is 0.141 e. The van der Waals surface area contributed by atoms with E-state index in [9.17, 15) is 8.78 Å². The predicted octanol–water partition coefficient (Wildman–Crippen LogP) is 5.86. The van der Waals surface area contributed by atoms with Crippen molar-refractivity contribution < 1.29 is 8.78 Å². The van der Waals surface area contributed by atoms with Crippen molar-refractivity contribution in [2.75, 3.05) is 0 Å². The first-order valence-corrected chi connectivity index (χ1v) is 7.32. The quantitative estimate of drug-likeness (QED) is 0.634. The molecule has 0 saturated heterocycles. The Bertz CT molecular complexity index is 709. The monoisotopic (exact) mass is 297 g/mol. The second kappa shape index (κ2) is 7.51. The topological polar surface area (TPSA) is 23.8 Å². The van der Waals surface area contributed by atoms with Crippen molar-refractivity contribution in [1.82, 2.24) is 0 Å². The zero-order valence-electron chi connectivity index (χ0n) is 12.4. The fourth-order valence-electron chi connectivity index (χ4n) is 2.16. The highest BCUT2D eigenvalue weighted by Gasteiger charge is 2.06. The highest BCUT2D eigenvalue weighted by Crippen LogP contribution is 2.25. The summed E-state index contributed by atoms with van der Waals surface area (Å²) >= 11 is 0. The van der Waals surface area contributed by atoms with Crippen LogP contribution in [-0.4, -0.2) is 0 Å². The molecule has 0 N–H and O–H groups in total. The van der Waals surface area contributed by atoms with Crippen LogP contribution < -0.4 is 0 Å². The van der Waals surface area contributed by atoms with E-state index in [1.165, 1.54) is 12.1 Å². The van der Waals surface area contributed by atoms with E-state index >= 15 is 0 Å². The van der Waals surface area contributed by atoms with Gasteiger partial charge < -0.3 is 0 Å². The van der Waals surface area contributed by atoms with Crippen LogP contribution in [0.5, 0.6) is 0 Å². The third-order valence-electron chi connectivity index (χ3n) is 3.46. The van der Waals surface area contributed by atoms with Gasteiger partial charge in [0.25, 0.3) is 0 Å². The Labute approximate surface area is 129 Å². The summed E-state index contributed by atoms with van der Waals surface area (Å²) in [4.78, 5) is 0. The molecule has 0 aliphatic carbocycles. The number of benzene rings is 2. The van der Waals surface area contributed by atoms with Gasteiger partial charge in [-0.3, -0.25) is 0 Å². The maximum atomic E-state index is 13.9. The van der Waals surface area contributed by atoms with Crippen LogP contribution in [0, 0.1) is 17.1 Å². The number of hydrogen-bond donors (Lipinski definition) is 0. The molecule has 2 aromatic carbocycles. The minimum absolute atomic E-state index is 0.0188. The number of nitriles is 1. The third-order valence-corrected chi connectivity index (χ3v) is 3.46. The lowest BCUT2D eigenvalue weighted by molar-refractivity contribution is 0.624. The van der Waals surface area contributed by atoms with Crippen molar-refractivity contribution in [2.45, 2.75) is 26.2 Å². The molecule has 112 valence electrons. The van der Waals surface area contributed by atoms with E-state index in [-0.39, 0.29) is 11.4 Å². The molecule has 0 radical (unpaired) electrons. The average molecular weight is 297 g/mol. The molecule has 0 spiro atoms. The smallest absolute Gasteiger partial charge is 0.141 e. The first kappa shape index (κ1) is 15.9. The van der Waals surface area contributed by atoms with Crippen molar-refractivity contribution in [3.63, 3.8) is 0 Å². The Kier molecular flexibility index (Phi) is 5.43. The van der Waals surface area contributed by atoms with Crippen molar-refractivity contribution in [3.05, 3.63) is 65.5 Å². The molecule has 0 aliphatic heterocycles. The molecule has 0 saturated carbocycles. The van der Waals surface area contributed by atoms with E-state index in [1.807, 2.05) is 0 Å². The SMILES string of the molecule is CCCCC=C(F)c1ccc(-c2ccc(C#N)c(F)c2)cc1. The highest BCUT2D eigenvalue weighted by molar-refractivity contribution is 5.68. The Morgan fingerprint density at radius 2 is 1.82 bits per heavy atom. The van der Waals surface area contributed by atoms with E-state index < -0.39 is 5.82 Å². The van der Waals surface area contributed by atoms with Gasteiger partial charge in [-0.25, -0.2) is 8.78 Å². The summed E-state index contributed by atoms with van der Waals surface area (Å²) in [6.07, 6.45) is 4.33. The number of allylic oxidation sites excluding steroid dienone is 1. The first-order chi connectivity index (χ1) is 10.7. The summed E-state index contributed by atoms with van der Waals surface area (Å²) in [5, 5.41) is 8.73. The highest BCUT2D eigenvalue weighted by atomic mass is 19.1. The molecule has 1 nitrogen and oxygen atoms in total. The van der Waals surface area contributed by atoms with Crippen LogP contribution in [0.2, 0.25) is 0 Å². The second-order valence-electron chi connectivity index (χ2n) is 5.08. The van der Waals surface area contributed by atoms with Gasteiger partial charge in [-0.1, -0.05) is 43.7 Å². The number of halogens is 2. The van der Waals surface area contributed by atoms with Crippen LogP contribution in [0.3, 0.4) is 0 Å². The molecule has 0 unspecified atom stereocenters. The van der Waals surface area contributed by atoms with Crippen LogP contribution in [0.15, 0.2) is 48.5 Å². The van der Waals surface area contributed by atoms with Gasteiger partial charge in [0.2, 0.25) is 0 Å². The number of nitrogens with zero attached hydrogens (tertiary/aromatic N) is 1. The molecule has 0 amide bonds. The molecule has 0 bridgehead atoms. The van der Waals surface area contributed by atoms with E-state index in [1.54, 1.807) is 42.5 Å². The van der Waals surface area contributed by atoms with Gasteiger partial charge in [0.05, 0.1) is 5.56 Å². The Morgan fingerprint density at radius 3 is 2.41 bits per heavy atom. The van der Waals surface area contributed by atoms with Crippen LogP contribution in [-0.2, 0) is 0 Å². The third kappa shape index (κ3) is 3.79. The zero-order chi connectivity index (χ0) is 15.9. The summed E-state index contributed by atoms with van der Waals surface area (Å²) < 4.78 is 27.5. The van der Waals surface area contributed by atoms with Crippen molar-refractivity contribution >= 4 is 5.83 Å². The minimum atomic E-state index is -0.547. The van der Waals surface area contributed by atoms with Crippen molar-refractivity contribution in [1.29, 1.82) is 5.26 Å². The van der Waals surface area contributed by atoms with Gasteiger partial charge in [-0.05, 0) is 42.2 Å². The van der Waals surface area contributed by atoms with Gasteiger partial charge in [-0.2, -0.15) is 5.26 Å². The lowest BCUT2D eigenvalue weighted by Crippen LogP contribution is -1.86. The average Bonchev–Trinajstić information content (AvgIpc) is 2.55. The summed E-state index contributed by atoms with van der Waals surface area (Å²) in [5.74, 6) is -0.777. The molecule has 0 atom stereocenters. The minimum Gasteiger partial charge on any atom is -0.207 e. The fraction of sp³-hybridized carbons (Fsp3) is 0.211.